The van der Waals surface area contributed by atoms with Crippen molar-refractivity contribution in [3.8, 4) is 0 Å². The summed E-state index contributed by atoms with van der Waals surface area (Å²) in [6.07, 6.45) is 3.45. The van der Waals surface area contributed by atoms with E-state index in [9.17, 15) is 0 Å². The van der Waals surface area contributed by atoms with Crippen LogP contribution in [0.5, 0.6) is 0 Å². The first kappa shape index (κ1) is 11.1. The molecule has 4 nitrogen and oxygen atoms in total. The van der Waals surface area contributed by atoms with Crippen LogP contribution in [-0.4, -0.2) is 17.1 Å². The van der Waals surface area contributed by atoms with Crippen LogP contribution in [-0.2, 0) is 11.3 Å². The van der Waals surface area contributed by atoms with Crippen LogP contribution in [0.1, 0.15) is 31.3 Å². The van der Waals surface area contributed by atoms with Crippen LogP contribution in [0.25, 0.3) is 0 Å². The Morgan fingerprint density at radius 1 is 1.36 bits per heavy atom. The smallest absolute Gasteiger partial charge is 0.157 e. The number of ether oxygens (including phenoxy) is 1. The molecule has 4 heteroatoms. The van der Waals surface area contributed by atoms with E-state index in [1.807, 2.05) is 0 Å². The highest BCUT2D eigenvalue weighted by Gasteiger charge is 2.17. The number of hydrogen-bond donors (Lipinski definition) is 1. The van der Waals surface area contributed by atoms with Gasteiger partial charge >= 0.3 is 0 Å². The highest BCUT2D eigenvalue weighted by Crippen LogP contribution is 2.21. The summed E-state index contributed by atoms with van der Waals surface area (Å²) in [5.41, 5.74) is 6.39. The Kier molecular flexibility index (Phi) is 3.98. The van der Waals surface area contributed by atoms with Gasteiger partial charge in [0.25, 0.3) is 0 Å². The zero-order valence-electron chi connectivity index (χ0n) is 8.90. The van der Waals surface area contributed by atoms with Gasteiger partial charge in [0.15, 0.2) is 5.82 Å². The van der Waals surface area contributed by atoms with Crippen LogP contribution in [0.3, 0.4) is 0 Å². The molecule has 0 fully saturated rings. The van der Waals surface area contributed by atoms with Gasteiger partial charge in [-0.1, -0.05) is 13.8 Å². The van der Waals surface area contributed by atoms with Crippen molar-refractivity contribution in [3.63, 3.8) is 0 Å². The van der Waals surface area contributed by atoms with Crippen molar-refractivity contribution in [3.05, 3.63) is 23.8 Å². The van der Waals surface area contributed by atoms with Crippen LogP contribution >= 0.6 is 0 Å². The Hall–Kier alpha value is -1.00. The fourth-order valence-electron chi connectivity index (χ4n) is 1.29. The van der Waals surface area contributed by atoms with Gasteiger partial charge in [-0.2, -0.15) is 0 Å². The molecule has 14 heavy (non-hydrogen) atoms. The van der Waals surface area contributed by atoms with Gasteiger partial charge < -0.3 is 10.5 Å². The summed E-state index contributed by atoms with van der Waals surface area (Å²) in [7, 11) is 1.67. The first-order valence-corrected chi connectivity index (χ1v) is 4.72. The van der Waals surface area contributed by atoms with Crippen molar-refractivity contribution < 1.29 is 4.74 Å². The number of hydrogen-bond acceptors (Lipinski definition) is 4. The van der Waals surface area contributed by atoms with Gasteiger partial charge in [0.05, 0.1) is 0 Å². The highest BCUT2D eigenvalue weighted by molar-refractivity contribution is 5.06. The molecule has 1 rings (SSSR count). The van der Waals surface area contributed by atoms with E-state index in [1.165, 1.54) is 0 Å². The van der Waals surface area contributed by atoms with Crippen LogP contribution in [0.4, 0.5) is 0 Å². The zero-order valence-corrected chi connectivity index (χ0v) is 8.90. The first-order valence-electron chi connectivity index (χ1n) is 4.72. The first-order chi connectivity index (χ1) is 6.69. The molecule has 0 amide bonds. The molecule has 0 saturated carbocycles. The molecule has 0 bridgehead atoms. The Bertz CT molecular complexity index is 271. The van der Waals surface area contributed by atoms with E-state index < -0.39 is 0 Å². The fraction of sp³-hybridized carbons (Fsp3) is 0.600. The molecule has 78 valence electrons. The summed E-state index contributed by atoms with van der Waals surface area (Å²) < 4.78 is 5.32. The molecule has 0 aromatic carbocycles. The number of aromatic nitrogens is 2. The molecule has 1 atom stereocenters. The third-order valence-corrected chi connectivity index (χ3v) is 2.07. The van der Waals surface area contributed by atoms with Crippen LogP contribution in [0.2, 0.25) is 0 Å². The quantitative estimate of drug-likeness (QED) is 0.786. The number of methoxy groups -OCH3 is 1. The van der Waals surface area contributed by atoms with Crippen LogP contribution < -0.4 is 5.73 Å². The van der Waals surface area contributed by atoms with Crippen LogP contribution in [0, 0.1) is 5.92 Å². The maximum Gasteiger partial charge on any atom is 0.157 e. The van der Waals surface area contributed by atoms with Gasteiger partial charge in [-0.05, 0) is 5.92 Å². The molecule has 0 saturated heterocycles. The average molecular weight is 195 g/mol. The third-order valence-electron chi connectivity index (χ3n) is 2.07. The molecular weight excluding hydrogens is 178 g/mol. The van der Waals surface area contributed by atoms with E-state index in [0.29, 0.717) is 12.5 Å². The van der Waals surface area contributed by atoms with Crippen molar-refractivity contribution in [2.24, 2.45) is 11.7 Å². The SMILES string of the molecule is COC(c1ncc(CN)cn1)C(C)C. The van der Waals surface area contributed by atoms with Gasteiger partial charge in [-0.15, -0.1) is 0 Å². The number of nitrogens with two attached hydrogens (primary N) is 1. The van der Waals surface area contributed by atoms with E-state index in [1.54, 1.807) is 19.5 Å². The summed E-state index contributed by atoms with van der Waals surface area (Å²) in [6, 6.07) is 0. The van der Waals surface area contributed by atoms with Crippen LogP contribution in [0.15, 0.2) is 12.4 Å². The largest absolute Gasteiger partial charge is 0.373 e. The van der Waals surface area contributed by atoms with Crippen molar-refractivity contribution in [2.75, 3.05) is 7.11 Å². The van der Waals surface area contributed by atoms with Gasteiger partial charge in [0.2, 0.25) is 0 Å². The Balaban J connectivity index is 2.84. The normalized spacial score (nSPS) is 13.2. The van der Waals surface area contributed by atoms with Crippen molar-refractivity contribution in [1.82, 2.24) is 9.97 Å². The molecule has 0 aliphatic carbocycles. The second-order valence-electron chi connectivity index (χ2n) is 3.55. The molecular formula is C10H17N3O. The highest BCUT2D eigenvalue weighted by atomic mass is 16.5. The Morgan fingerprint density at radius 2 is 1.93 bits per heavy atom. The minimum Gasteiger partial charge on any atom is -0.373 e. The van der Waals surface area contributed by atoms with Gasteiger partial charge in [0, 0.05) is 31.6 Å². The third kappa shape index (κ3) is 2.49. The maximum atomic E-state index is 5.46. The van der Waals surface area contributed by atoms with Gasteiger partial charge in [0.1, 0.15) is 6.10 Å². The van der Waals surface area contributed by atoms with E-state index >= 15 is 0 Å². The molecule has 1 aromatic heterocycles. The van der Waals surface area contributed by atoms with Gasteiger partial charge in [-0.25, -0.2) is 9.97 Å². The summed E-state index contributed by atoms with van der Waals surface area (Å²) >= 11 is 0. The van der Waals surface area contributed by atoms with E-state index in [-0.39, 0.29) is 6.10 Å². The maximum absolute atomic E-state index is 5.46. The second-order valence-corrected chi connectivity index (χ2v) is 3.55. The predicted octanol–water partition coefficient (Wildman–Crippen LogP) is 1.28. The number of nitrogens with zero attached hydrogens (tertiary/aromatic N) is 2. The molecule has 1 heterocycles. The predicted molar refractivity (Wildman–Crippen MR) is 54.5 cm³/mol. The summed E-state index contributed by atoms with van der Waals surface area (Å²) in [5, 5.41) is 0. The lowest BCUT2D eigenvalue weighted by atomic mass is 10.1. The lowest BCUT2D eigenvalue weighted by molar-refractivity contribution is 0.0574. The van der Waals surface area contributed by atoms with Crippen molar-refractivity contribution >= 4 is 0 Å². The molecule has 0 aliphatic heterocycles. The summed E-state index contributed by atoms with van der Waals surface area (Å²) in [4.78, 5) is 8.45. The molecule has 1 unspecified atom stereocenters. The molecule has 0 spiro atoms. The van der Waals surface area contributed by atoms with E-state index in [4.69, 9.17) is 10.5 Å². The van der Waals surface area contributed by atoms with Crippen molar-refractivity contribution in [1.29, 1.82) is 0 Å². The van der Waals surface area contributed by atoms with Crippen molar-refractivity contribution in [2.45, 2.75) is 26.5 Å². The number of rotatable bonds is 4. The minimum absolute atomic E-state index is 0.0400. The van der Waals surface area contributed by atoms with Gasteiger partial charge in [-0.3, -0.25) is 0 Å². The molecule has 0 radical (unpaired) electrons. The standard InChI is InChI=1S/C10H17N3O/c1-7(2)9(14-3)10-12-5-8(4-11)6-13-10/h5-7,9H,4,11H2,1-3H3. The zero-order chi connectivity index (χ0) is 10.6. The summed E-state index contributed by atoms with van der Waals surface area (Å²) in [5.74, 6) is 1.09. The lowest BCUT2D eigenvalue weighted by Gasteiger charge is -2.17. The Morgan fingerprint density at radius 3 is 2.29 bits per heavy atom. The molecule has 0 aliphatic rings. The monoisotopic (exact) mass is 195 g/mol. The minimum atomic E-state index is -0.0400. The van der Waals surface area contributed by atoms with E-state index in [2.05, 4.69) is 23.8 Å². The fourth-order valence-corrected chi connectivity index (χ4v) is 1.29. The van der Waals surface area contributed by atoms with E-state index in [0.717, 1.165) is 11.4 Å². The second kappa shape index (κ2) is 5.02. The topological polar surface area (TPSA) is 61.0 Å². The average Bonchev–Trinajstić information content (AvgIpc) is 2.19. The lowest BCUT2D eigenvalue weighted by Crippen LogP contribution is -2.13. The Labute approximate surface area is 84.5 Å². The summed E-state index contributed by atoms with van der Waals surface area (Å²) in [6.45, 7) is 4.63. The molecule has 1 aromatic rings. The molecule has 2 N–H and O–H groups in total.